The number of hydrogen-bond donors (Lipinski definition) is 2. The number of aliphatic carboxylic acids is 1. The lowest BCUT2D eigenvalue weighted by molar-refractivity contribution is -0.140. The predicted molar refractivity (Wildman–Crippen MR) is 69.4 cm³/mol. The molecule has 0 aliphatic heterocycles. The van der Waals surface area contributed by atoms with Crippen LogP contribution in [0.15, 0.2) is 0 Å². The Hall–Kier alpha value is -1.26. The van der Waals surface area contributed by atoms with E-state index in [9.17, 15) is 9.59 Å². The molecule has 0 aromatic heterocycles. The molecule has 104 valence electrons. The Labute approximate surface area is 109 Å². The molecule has 2 N–H and O–H groups in total. The van der Waals surface area contributed by atoms with Crippen LogP contribution in [-0.4, -0.2) is 41.1 Å². The summed E-state index contributed by atoms with van der Waals surface area (Å²) < 4.78 is 0. The van der Waals surface area contributed by atoms with Gasteiger partial charge in [-0.2, -0.15) is 0 Å². The van der Waals surface area contributed by atoms with Gasteiger partial charge < -0.3 is 15.3 Å². The molecule has 0 heterocycles. The van der Waals surface area contributed by atoms with E-state index in [-0.39, 0.29) is 18.0 Å². The lowest BCUT2D eigenvalue weighted by Gasteiger charge is -2.32. The number of carboxylic acid groups (broad SMARTS) is 1. The number of nitrogens with zero attached hydrogens (tertiary/aromatic N) is 1. The van der Waals surface area contributed by atoms with Gasteiger partial charge in [-0.1, -0.05) is 33.1 Å². The van der Waals surface area contributed by atoms with Crippen LogP contribution in [0.4, 0.5) is 4.79 Å². The Bertz CT molecular complexity index is 299. The van der Waals surface area contributed by atoms with Crippen LogP contribution >= 0.6 is 0 Å². The number of hydrogen-bond acceptors (Lipinski definition) is 2. The van der Waals surface area contributed by atoms with Crippen molar-refractivity contribution in [2.24, 2.45) is 5.92 Å². The van der Waals surface area contributed by atoms with Gasteiger partial charge in [0, 0.05) is 13.1 Å². The van der Waals surface area contributed by atoms with Crippen LogP contribution in [0, 0.1) is 5.92 Å². The number of carboxylic acids is 1. The van der Waals surface area contributed by atoms with Gasteiger partial charge in [0.15, 0.2) is 0 Å². The average molecular weight is 256 g/mol. The number of carbonyl (C=O) groups excluding carboxylic acids is 1. The topological polar surface area (TPSA) is 69.6 Å². The Morgan fingerprint density at radius 2 is 1.78 bits per heavy atom. The van der Waals surface area contributed by atoms with E-state index in [0.29, 0.717) is 0 Å². The summed E-state index contributed by atoms with van der Waals surface area (Å²) in [5, 5.41) is 11.7. The van der Waals surface area contributed by atoms with Crippen LogP contribution in [0.2, 0.25) is 0 Å². The first-order valence-corrected chi connectivity index (χ1v) is 6.69. The Balaban J connectivity index is 2.54. The maximum absolute atomic E-state index is 12.0. The first-order valence-electron chi connectivity index (χ1n) is 6.69. The maximum Gasteiger partial charge on any atom is 0.326 e. The van der Waals surface area contributed by atoms with Crippen LogP contribution in [0.3, 0.4) is 0 Å². The third-order valence-electron chi connectivity index (χ3n) is 3.65. The second kappa shape index (κ2) is 6.61. The zero-order valence-electron chi connectivity index (χ0n) is 11.5. The van der Waals surface area contributed by atoms with Crippen LogP contribution in [0.25, 0.3) is 0 Å². The van der Waals surface area contributed by atoms with Crippen molar-refractivity contribution in [1.29, 1.82) is 0 Å². The molecular formula is C13H24N2O3. The van der Waals surface area contributed by atoms with Crippen molar-refractivity contribution < 1.29 is 14.7 Å². The summed E-state index contributed by atoms with van der Waals surface area (Å²) in [6.45, 7) is 3.58. The molecule has 1 saturated carbocycles. The third-order valence-corrected chi connectivity index (χ3v) is 3.65. The highest BCUT2D eigenvalue weighted by Gasteiger charge is 2.27. The average Bonchev–Trinajstić information content (AvgIpc) is 2.35. The zero-order valence-corrected chi connectivity index (χ0v) is 11.5. The van der Waals surface area contributed by atoms with Gasteiger partial charge in [0.25, 0.3) is 0 Å². The molecule has 0 radical (unpaired) electrons. The monoisotopic (exact) mass is 256 g/mol. The second-order valence-corrected chi connectivity index (χ2v) is 5.41. The first-order chi connectivity index (χ1) is 8.43. The summed E-state index contributed by atoms with van der Waals surface area (Å²) in [5.41, 5.74) is 0. The molecule has 5 heteroatoms. The van der Waals surface area contributed by atoms with E-state index in [2.05, 4.69) is 5.32 Å². The van der Waals surface area contributed by atoms with E-state index in [4.69, 9.17) is 5.11 Å². The molecule has 1 atom stereocenters. The molecule has 1 fully saturated rings. The molecule has 0 spiro atoms. The minimum atomic E-state index is -0.976. The first kappa shape index (κ1) is 14.8. The molecule has 0 aromatic carbocycles. The second-order valence-electron chi connectivity index (χ2n) is 5.41. The Kier molecular flexibility index (Phi) is 5.44. The van der Waals surface area contributed by atoms with Crippen molar-refractivity contribution in [3.63, 3.8) is 0 Å². The number of nitrogens with one attached hydrogen (secondary N) is 1. The Morgan fingerprint density at radius 1 is 1.22 bits per heavy atom. The van der Waals surface area contributed by atoms with Crippen molar-refractivity contribution in [2.75, 3.05) is 7.05 Å². The van der Waals surface area contributed by atoms with Gasteiger partial charge in [-0.05, 0) is 18.8 Å². The molecule has 1 rings (SSSR count). The van der Waals surface area contributed by atoms with Gasteiger partial charge in [-0.25, -0.2) is 9.59 Å². The van der Waals surface area contributed by atoms with E-state index >= 15 is 0 Å². The van der Waals surface area contributed by atoms with E-state index in [1.54, 1.807) is 25.8 Å². The third kappa shape index (κ3) is 3.89. The number of rotatable bonds is 4. The SMILES string of the molecule is CC(C)C(NC(=O)N(C)C1CCCCC1)C(=O)O. The molecule has 0 saturated heterocycles. The van der Waals surface area contributed by atoms with Crippen LogP contribution in [0.1, 0.15) is 46.0 Å². The minimum absolute atomic E-state index is 0.119. The van der Waals surface area contributed by atoms with Crippen molar-refractivity contribution in [3.05, 3.63) is 0 Å². The van der Waals surface area contributed by atoms with Crippen molar-refractivity contribution in [3.8, 4) is 0 Å². The summed E-state index contributed by atoms with van der Waals surface area (Å²) >= 11 is 0. The fraction of sp³-hybridized carbons (Fsp3) is 0.846. The summed E-state index contributed by atoms with van der Waals surface area (Å²) in [6.07, 6.45) is 5.56. The molecule has 1 aliphatic carbocycles. The highest BCUT2D eigenvalue weighted by Crippen LogP contribution is 2.21. The van der Waals surface area contributed by atoms with E-state index in [1.807, 2.05) is 0 Å². The van der Waals surface area contributed by atoms with Gasteiger partial charge in [-0.3, -0.25) is 0 Å². The van der Waals surface area contributed by atoms with Crippen LogP contribution < -0.4 is 5.32 Å². The minimum Gasteiger partial charge on any atom is -0.480 e. The quantitative estimate of drug-likeness (QED) is 0.809. The largest absolute Gasteiger partial charge is 0.480 e. The molecule has 1 aliphatic rings. The summed E-state index contributed by atoms with van der Waals surface area (Å²) in [6, 6.07) is -0.841. The van der Waals surface area contributed by atoms with E-state index in [0.717, 1.165) is 25.7 Å². The molecule has 1 unspecified atom stereocenters. The summed E-state index contributed by atoms with van der Waals surface area (Å²) in [4.78, 5) is 24.7. The maximum atomic E-state index is 12.0. The highest BCUT2D eigenvalue weighted by atomic mass is 16.4. The zero-order chi connectivity index (χ0) is 13.7. The number of carbonyl (C=O) groups is 2. The fourth-order valence-corrected chi connectivity index (χ4v) is 2.38. The van der Waals surface area contributed by atoms with Crippen molar-refractivity contribution in [2.45, 2.75) is 58.0 Å². The van der Waals surface area contributed by atoms with E-state index < -0.39 is 12.0 Å². The molecule has 2 amide bonds. The summed E-state index contributed by atoms with van der Waals surface area (Å²) in [5.74, 6) is -1.10. The molecule has 5 nitrogen and oxygen atoms in total. The molecular weight excluding hydrogens is 232 g/mol. The predicted octanol–water partition coefficient (Wildman–Crippen LogP) is 2.07. The fourth-order valence-electron chi connectivity index (χ4n) is 2.38. The standard InChI is InChI=1S/C13H24N2O3/c1-9(2)11(12(16)17)14-13(18)15(3)10-7-5-4-6-8-10/h9-11H,4-8H2,1-3H3,(H,14,18)(H,16,17). The lowest BCUT2D eigenvalue weighted by Crippen LogP contribution is -2.51. The van der Waals surface area contributed by atoms with Crippen molar-refractivity contribution in [1.82, 2.24) is 10.2 Å². The van der Waals surface area contributed by atoms with Crippen LogP contribution in [0.5, 0.6) is 0 Å². The van der Waals surface area contributed by atoms with Crippen LogP contribution in [-0.2, 0) is 4.79 Å². The molecule has 0 aromatic rings. The van der Waals surface area contributed by atoms with Crippen molar-refractivity contribution >= 4 is 12.0 Å². The Morgan fingerprint density at radius 3 is 2.22 bits per heavy atom. The highest BCUT2D eigenvalue weighted by molar-refractivity contribution is 5.82. The normalized spacial score (nSPS) is 18.4. The molecule has 0 bridgehead atoms. The number of urea groups is 1. The lowest BCUT2D eigenvalue weighted by atomic mass is 9.94. The van der Waals surface area contributed by atoms with E-state index in [1.165, 1.54) is 6.42 Å². The van der Waals surface area contributed by atoms with Gasteiger partial charge in [0.1, 0.15) is 6.04 Å². The van der Waals surface area contributed by atoms with Gasteiger partial charge >= 0.3 is 12.0 Å². The smallest absolute Gasteiger partial charge is 0.326 e. The number of amides is 2. The molecule has 18 heavy (non-hydrogen) atoms. The van der Waals surface area contributed by atoms with Gasteiger partial charge in [-0.15, -0.1) is 0 Å². The summed E-state index contributed by atoms with van der Waals surface area (Å²) in [7, 11) is 1.75. The van der Waals surface area contributed by atoms with Gasteiger partial charge in [0.2, 0.25) is 0 Å². The van der Waals surface area contributed by atoms with Gasteiger partial charge in [0.05, 0.1) is 0 Å².